The summed E-state index contributed by atoms with van der Waals surface area (Å²) in [5.41, 5.74) is 2.86. The molecule has 1 fully saturated rings. The van der Waals surface area contributed by atoms with E-state index in [0.29, 0.717) is 54.0 Å². The average molecular weight is 585 g/mol. The molecular weight excluding hydrogens is 552 g/mol. The van der Waals surface area contributed by atoms with Gasteiger partial charge in [-0.2, -0.15) is 21.8 Å². The number of fused-ring (bicyclic) bond motifs is 3. The molecule has 39 heavy (non-hydrogen) atoms. The molecule has 1 aliphatic carbocycles. The van der Waals surface area contributed by atoms with Gasteiger partial charge in [0.25, 0.3) is 20.2 Å². The van der Waals surface area contributed by atoms with E-state index in [1.54, 1.807) is 6.07 Å². The highest BCUT2D eigenvalue weighted by molar-refractivity contribution is 8.04. The molecule has 0 spiro atoms. The van der Waals surface area contributed by atoms with Crippen molar-refractivity contribution in [1.29, 1.82) is 0 Å². The standard InChI is InChI=1S/C25H32N2O10S2/c1-6-36-22-12-17-18-11-15(37-39(31,32)14(2)38(28,29)30)7-9-20(18)26-24(19(17)13-21(22)33-3)16-8-10-23(34-4)27-25(16)35-5/h8,10,12-15,18,20H,6-7,9,11H2,1-5H3,(H,28,29,30)/t14?,15-,18-,20-/m1/s1. The van der Waals surface area contributed by atoms with Gasteiger partial charge < -0.3 is 18.9 Å². The van der Waals surface area contributed by atoms with Crippen LogP contribution in [0.2, 0.25) is 0 Å². The van der Waals surface area contributed by atoms with Crippen LogP contribution in [0.3, 0.4) is 0 Å². The minimum atomic E-state index is -4.84. The zero-order chi connectivity index (χ0) is 28.5. The monoisotopic (exact) mass is 584 g/mol. The van der Waals surface area contributed by atoms with Crippen LogP contribution in [-0.4, -0.2) is 76.7 Å². The van der Waals surface area contributed by atoms with E-state index < -0.39 is 30.9 Å². The van der Waals surface area contributed by atoms with Gasteiger partial charge in [0.2, 0.25) is 16.3 Å². The first-order valence-corrected chi connectivity index (χ1v) is 15.3. The van der Waals surface area contributed by atoms with Gasteiger partial charge in [-0.1, -0.05) is 0 Å². The Kier molecular flexibility index (Phi) is 8.40. The quantitative estimate of drug-likeness (QED) is 0.323. The van der Waals surface area contributed by atoms with Crippen LogP contribution in [0.15, 0.2) is 29.3 Å². The highest BCUT2D eigenvalue weighted by Gasteiger charge is 2.42. The third kappa shape index (κ3) is 5.83. The lowest BCUT2D eigenvalue weighted by atomic mass is 9.74. The minimum absolute atomic E-state index is 0.233. The predicted molar refractivity (Wildman–Crippen MR) is 142 cm³/mol. The number of aromatic nitrogens is 1. The maximum Gasteiger partial charge on any atom is 0.287 e. The second-order valence-electron chi connectivity index (χ2n) is 9.19. The number of benzene rings is 1. The van der Waals surface area contributed by atoms with E-state index in [1.807, 2.05) is 25.1 Å². The van der Waals surface area contributed by atoms with Crippen LogP contribution in [0.4, 0.5) is 0 Å². The Morgan fingerprint density at radius 1 is 1.00 bits per heavy atom. The van der Waals surface area contributed by atoms with Gasteiger partial charge in [-0.25, -0.2) is 0 Å². The Morgan fingerprint density at radius 3 is 2.36 bits per heavy atom. The first-order chi connectivity index (χ1) is 18.4. The minimum Gasteiger partial charge on any atom is -0.493 e. The summed E-state index contributed by atoms with van der Waals surface area (Å²) in [7, 11) is -4.88. The van der Waals surface area contributed by atoms with Gasteiger partial charge in [0.05, 0.1) is 51.4 Å². The van der Waals surface area contributed by atoms with Crippen LogP contribution in [0.1, 0.15) is 55.7 Å². The molecule has 1 unspecified atom stereocenters. The number of hydrogen-bond acceptors (Lipinski definition) is 11. The van der Waals surface area contributed by atoms with Gasteiger partial charge in [0, 0.05) is 17.5 Å². The molecule has 1 aromatic carbocycles. The Balaban J connectivity index is 1.79. The summed E-state index contributed by atoms with van der Waals surface area (Å²) in [4.78, 5) is 9.46. The van der Waals surface area contributed by atoms with E-state index >= 15 is 0 Å². The first-order valence-electron chi connectivity index (χ1n) is 12.3. The molecule has 4 atom stereocenters. The molecule has 12 nitrogen and oxygen atoms in total. The zero-order valence-corrected chi connectivity index (χ0v) is 23.9. The Labute approximate surface area is 228 Å². The van der Waals surface area contributed by atoms with Gasteiger partial charge in [0.1, 0.15) is 0 Å². The van der Waals surface area contributed by atoms with Crippen molar-refractivity contribution in [2.45, 2.75) is 55.8 Å². The summed E-state index contributed by atoms with van der Waals surface area (Å²) in [6, 6.07) is 6.98. The van der Waals surface area contributed by atoms with Crippen LogP contribution in [0.25, 0.3) is 0 Å². The fourth-order valence-electron chi connectivity index (χ4n) is 4.95. The molecule has 0 amide bonds. The van der Waals surface area contributed by atoms with Crippen molar-refractivity contribution in [2.24, 2.45) is 4.99 Å². The maximum absolute atomic E-state index is 12.6. The smallest absolute Gasteiger partial charge is 0.287 e. The number of hydrogen-bond donors (Lipinski definition) is 1. The lowest BCUT2D eigenvalue weighted by Crippen LogP contribution is -2.38. The maximum atomic E-state index is 12.6. The van der Waals surface area contributed by atoms with Crippen molar-refractivity contribution >= 4 is 25.9 Å². The second-order valence-corrected chi connectivity index (χ2v) is 13.1. The molecule has 0 radical (unpaired) electrons. The van der Waals surface area contributed by atoms with Crippen LogP contribution in [-0.2, 0) is 24.4 Å². The Morgan fingerprint density at radius 2 is 1.74 bits per heavy atom. The van der Waals surface area contributed by atoms with Crippen LogP contribution in [0, 0.1) is 0 Å². The van der Waals surface area contributed by atoms with E-state index in [-0.39, 0.29) is 18.4 Å². The van der Waals surface area contributed by atoms with Gasteiger partial charge >= 0.3 is 0 Å². The van der Waals surface area contributed by atoms with E-state index in [2.05, 4.69) is 4.98 Å². The van der Waals surface area contributed by atoms with Gasteiger partial charge in [-0.05, 0) is 56.9 Å². The van der Waals surface area contributed by atoms with Crippen LogP contribution < -0.4 is 18.9 Å². The van der Waals surface area contributed by atoms with Crippen molar-refractivity contribution < 1.29 is 44.5 Å². The SMILES string of the molecule is CCOc1cc2c(cc1OC)C(c1ccc(OC)nc1OC)=N[C@@H]1CC[C@@H](OS(=O)(=O)C(C)S(=O)(=O)O)C[C@H]21. The van der Waals surface area contributed by atoms with Crippen molar-refractivity contribution in [3.8, 4) is 23.3 Å². The lowest BCUT2D eigenvalue weighted by Gasteiger charge is -2.38. The normalized spacial score (nSPS) is 21.7. The van der Waals surface area contributed by atoms with E-state index in [1.165, 1.54) is 21.3 Å². The van der Waals surface area contributed by atoms with Gasteiger partial charge in [-0.15, -0.1) is 0 Å². The molecule has 214 valence electrons. The number of rotatable bonds is 10. The molecular formula is C25H32N2O10S2. The number of ether oxygens (including phenoxy) is 4. The average Bonchev–Trinajstić information content (AvgIpc) is 2.91. The third-order valence-corrected chi connectivity index (χ3v) is 10.6. The number of methoxy groups -OCH3 is 3. The molecule has 1 aliphatic heterocycles. The highest BCUT2D eigenvalue weighted by Crippen LogP contribution is 2.46. The van der Waals surface area contributed by atoms with Crippen molar-refractivity contribution in [3.05, 3.63) is 41.0 Å². The largest absolute Gasteiger partial charge is 0.493 e. The molecule has 14 heteroatoms. The molecule has 2 aromatic rings. The van der Waals surface area contributed by atoms with Gasteiger partial charge in [0.15, 0.2) is 11.5 Å². The van der Waals surface area contributed by atoms with Crippen molar-refractivity contribution in [1.82, 2.24) is 4.98 Å². The second kappa shape index (κ2) is 11.3. The van der Waals surface area contributed by atoms with E-state index in [9.17, 15) is 21.4 Å². The molecule has 2 heterocycles. The Hall–Kier alpha value is -2.94. The third-order valence-electron chi connectivity index (χ3n) is 6.94. The molecule has 0 bridgehead atoms. The summed E-state index contributed by atoms with van der Waals surface area (Å²) >= 11 is 0. The number of pyridine rings is 1. The fraction of sp³-hybridized carbons (Fsp3) is 0.520. The topological polar surface area (TPSA) is 160 Å². The summed E-state index contributed by atoms with van der Waals surface area (Å²) in [6.45, 7) is 3.13. The molecule has 1 N–H and O–H groups in total. The fourth-order valence-corrected chi connectivity index (χ4v) is 6.99. The molecule has 4 rings (SSSR count). The Bertz CT molecular complexity index is 1470. The summed E-state index contributed by atoms with van der Waals surface area (Å²) in [6.07, 6.45) is 0.231. The highest BCUT2D eigenvalue weighted by atomic mass is 32.3. The number of aliphatic imine (C=N–C) groups is 1. The van der Waals surface area contributed by atoms with Crippen molar-refractivity contribution in [2.75, 3.05) is 27.9 Å². The summed E-state index contributed by atoms with van der Waals surface area (Å²) in [5.74, 6) is 1.46. The van der Waals surface area contributed by atoms with Crippen LogP contribution in [0.5, 0.6) is 23.3 Å². The van der Waals surface area contributed by atoms with E-state index in [0.717, 1.165) is 18.1 Å². The summed E-state index contributed by atoms with van der Waals surface area (Å²) < 4.78 is 82.8. The first kappa shape index (κ1) is 29.1. The predicted octanol–water partition coefficient (Wildman–Crippen LogP) is 2.94. The molecule has 1 saturated carbocycles. The molecule has 1 aromatic heterocycles. The summed E-state index contributed by atoms with van der Waals surface area (Å²) in [5, 5.41) is 0. The number of nitrogens with zero attached hydrogens (tertiary/aromatic N) is 2. The van der Waals surface area contributed by atoms with Crippen LogP contribution >= 0.6 is 0 Å². The molecule has 0 saturated heterocycles. The lowest BCUT2D eigenvalue weighted by molar-refractivity contribution is 0.139. The molecule has 2 aliphatic rings. The van der Waals surface area contributed by atoms with Gasteiger partial charge in [-0.3, -0.25) is 13.7 Å². The van der Waals surface area contributed by atoms with Crippen molar-refractivity contribution in [3.63, 3.8) is 0 Å². The zero-order valence-electron chi connectivity index (χ0n) is 22.3. The van der Waals surface area contributed by atoms with E-state index in [4.69, 9.17) is 28.1 Å².